The molecule has 0 bridgehead atoms. The van der Waals surface area contributed by atoms with Gasteiger partial charge >= 0.3 is 6.18 Å². The first-order valence-electron chi connectivity index (χ1n) is 11.3. The van der Waals surface area contributed by atoms with E-state index in [2.05, 4.69) is 39.0 Å². The molecule has 2 aliphatic rings. The lowest BCUT2D eigenvalue weighted by molar-refractivity contribution is -0.126. The highest BCUT2D eigenvalue weighted by Crippen LogP contribution is 2.38. The molecule has 2 aliphatic heterocycles. The summed E-state index contributed by atoms with van der Waals surface area (Å²) in [4.78, 5) is 15.1. The first-order chi connectivity index (χ1) is 15.4. The summed E-state index contributed by atoms with van der Waals surface area (Å²) < 4.78 is 38.9. The van der Waals surface area contributed by atoms with E-state index in [0.29, 0.717) is 33.8 Å². The van der Waals surface area contributed by atoms with Gasteiger partial charge in [-0.2, -0.15) is 13.2 Å². The van der Waals surface area contributed by atoms with Gasteiger partial charge in [-0.25, -0.2) is 9.97 Å². The van der Waals surface area contributed by atoms with Crippen molar-refractivity contribution in [1.82, 2.24) is 14.9 Å². The molecule has 2 aromatic heterocycles. The van der Waals surface area contributed by atoms with Crippen molar-refractivity contribution < 1.29 is 13.2 Å². The molecule has 0 radical (unpaired) electrons. The van der Waals surface area contributed by atoms with E-state index in [1.165, 1.54) is 5.56 Å². The Morgan fingerprint density at radius 2 is 1.84 bits per heavy atom. The summed E-state index contributed by atoms with van der Waals surface area (Å²) in [6.07, 6.45) is -3.37. The molecule has 3 aromatic rings. The average molecular weight is 461 g/mol. The zero-order chi connectivity index (χ0) is 22.3. The number of alkyl halides is 3. The number of hydrogen-bond acceptors (Lipinski definition) is 5. The normalized spacial score (nSPS) is 21.9. The molecule has 2 saturated heterocycles. The van der Waals surface area contributed by atoms with Crippen molar-refractivity contribution >= 4 is 27.4 Å². The maximum absolute atomic E-state index is 13.0. The Labute approximate surface area is 190 Å². The fourth-order valence-electron chi connectivity index (χ4n) is 5.11. The molecule has 0 saturated carbocycles. The SMILES string of the molecule is CCc1nc(N2CCC3CN(Cc4ccccc4)CC3C2)c2cc(CC(F)(F)F)sc2n1. The number of nitrogens with zero attached hydrogens (tertiary/aromatic N) is 4. The van der Waals surface area contributed by atoms with Crippen molar-refractivity contribution in [2.75, 3.05) is 31.1 Å². The monoisotopic (exact) mass is 460 g/mol. The molecular formula is C24H27F3N4S. The van der Waals surface area contributed by atoms with Crippen LogP contribution in [0.5, 0.6) is 0 Å². The fourth-order valence-corrected chi connectivity index (χ4v) is 6.18. The second kappa shape index (κ2) is 8.63. The molecule has 2 unspecified atom stereocenters. The van der Waals surface area contributed by atoms with E-state index in [-0.39, 0.29) is 0 Å². The first-order valence-corrected chi connectivity index (χ1v) is 12.1. The smallest absolute Gasteiger partial charge is 0.356 e. The Morgan fingerprint density at radius 3 is 2.59 bits per heavy atom. The molecular weight excluding hydrogens is 433 g/mol. The van der Waals surface area contributed by atoms with Gasteiger partial charge in [0.2, 0.25) is 0 Å². The zero-order valence-corrected chi connectivity index (χ0v) is 18.9. The third-order valence-corrected chi connectivity index (χ3v) is 7.62. The van der Waals surface area contributed by atoms with E-state index in [4.69, 9.17) is 4.98 Å². The Kier molecular flexibility index (Phi) is 5.84. The zero-order valence-electron chi connectivity index (χ0n) is 18.1. The van der Waals surface area contributed by atoms with Crippen LogP contribution in [0.25, 0.3) is 10.2 Å². The molecule has 0 N–H and O–H groups in total. The lowest BCUT2D eigenvalue weighted by Gasteiger charge is -2.35. The number of benzene rings is 1. The molecule has 0 spiro atoms. The fraction of sp³-hybridized carbons (Fsp3) is 0.500. The lowest BCUT2D eigenvalue weighted by Crippen LogP contribution is -2.40. The number of halogens is 3. The predicted octanol–water partition coefficient (Wildman–Crippen LogP) is 5.32. The number of thiophene rings is 1. The minimum atomic E-state index is -4.22. The summed E-state index contributed by atoms with van der Waals surface area (Å²) in [6, 6.07) is 12.2. The highest BCUT2D eigenvalue weighted by Gasteiger charge is 2.38. The van der Waals surface area contributed by atoms with Gasteiger partial charge in [0.1, 0.15) is 16.5 Å². The van der Waals surface area contributed by atoms with Crippen molar-refractivity contribution in [3.63, 3.8) is 0 Å². The van der Waals surface area contributed by atoms with E-state index < -0.39 is 12.6 Å². The van der Waals surface area contributed by atoms with Crippen molar-refractivity contribution in [2.24, 2.45) is 11.8 Å². The molecule has 4 heterocycles. The molecule has 1 aromatic carbocycles. The Bertz CT molecular complexity index is 1080. The van der Waals surface area contributed by atoms with Crippen molar-refractivity contribution in [2.45, 2.75) is 38.9 Å². The molecule has 0 amide bonds. The number of aromatic nitrogens is 2. The summed E-state index contributed by atoms with van der Waals surface area (Å²) in [5.41, 5.74) is 1.34. The van der Waals surface area contributed by atoms with Crippen LogP contribution in [-0.2, 0) is 19.4 Å². The molecule has 0 aliphatic carbocycles. The summed E-state index contributed by atoms with van der Waals surface area (Å²) in [5.74, 6) is 2.74. The van der Waals surface area contributed by atoms with Gasteiger partial charge in [-0.3, -0.25) is 4.90 Å². The third kappa shape index (κ3) is 4.62. The van der Waals surface area contributed by atoms with Gasteiger partial charge in [0, 0.05) is 44.0 Å². The summed E-state index contributed by atoms with van der Waals surface area (Å²) in [7, 11) is 0. The van der Waals surface area contributed by atoms with Gasteiger partial charge in [-0.05, 0) is 29.9 Å². The van der Waals surface area contributed by atoms with Crippen molar-refractivity contribution in [3.05, 3.63) is 52.7 Å². The van der Waals surface area contributed by atoms with E-state index in [9.17, 15) is 13.2 Å². The maximum Gasteiger partial charge on any atom is 0.393 e. The lowest BCUT2D eigenvalue weighted by atomic mass is 9.88. The minimum absolute atomic E-state index is 0.307. The average Bonchev–Trinajstić information content (AvgIpc) is 3.34. The van der Waals surface area contributed by atoms with Crippen molar-refractivity contribution in [1.29, 1.82) is 0 Å². The molecule has 170 valence electrons. The van der Waals surface area contributed by atoms with Crippen LogP contribution in [-0.4, -0.2) is 47.2 Å². The minimum Gasteiger partial charge on any atom is -0.356 e. The van der Waals surface area contributed by atoms with Crippen LogP contribution in [0.15, 0.2) is 36.4 Å². The van der Waals surface area contributed by atoms with Gasteiger partial charge in [-0.1, -0.05) is 37.3 Å². The van der Waals surface area contributed by atoms with Crippen LogP contribution in [0.1, 0.15) is 29.6 Å². The maximum atomic E-state index is 13.0. The number of aryl methyl sites for hydroxylation is 1. The Morgan fingerprint density at radius 1 is 1.06 bits per heavy atom. The highest BCUT2D eigenvalue weighted by atomic mass is 32.1. The second-order valence-corrected chi connectivity index (χ2v) is 10.1. The summed E-state index contributed by atoms with van der Waals surface area (Å²) in [6.45, 7) is 6.90. The Hall–Kier alpha value is -2.19. The standard InChI is InChI=1S/C24H27F3N4S/c1-2-21-28-22(20-10-19(11-24(25,26)27)32-23(20)29-21)31-9-8-17-13-30(14-18(17)15-31)12-16-6-4-3-5-7-16/h3-7,10,17-18H,2,8-9,11-15H2,1H3. The van der Waals surface area contributed by atoms with Gasteiger partial charge in [0.15, 0.2) is 0 Å². The Balaban J connectivity index is 1.36. The topological polar surface area (TPSA) is 32.3 Å². The molecule has 2 fully saturated rings. The van der Waals surface area contributed by atoms with Gasteiger partial charge in [0.25, 0.3) is 0 Å². The number of piperidine rings is 1. The molecule has 32 heavy (non-hydrogen) atoms. The van der Waals surface area contributed by atoms with Crippen LogP contribution >= 0.6 is 11.3 Å². The molecule has 2 atom stereocenters. The van der Waals surface area contributed by atoms with Crippen LogP contribution in [0, 0.1) is 11.8 Å². The second-order valence-electron chi connectivity index (χ2n) is 8.98. The number of rotatable bonds is 5. The third-order valence-electron chi connectivity index (χ3n) is 6.59. The van der Waals surface area contributed by atoms with Crippen LogP contribution in [0.3, 0.4) is 0 Å². The number of anilines is 1. The first kappa shape index (κ1) is 21.6. The van der Waals surface area contributed by atoms with Gasteiger partial charge < -0.3 is 4.90 Å². The predicted molar refractivity (Wildman–Crippen MR) is 122 cm³/mol. The van der Waals surface area contributed by atoms with E-state index in [1.807, 2.05) is 13.0 Å². The quantitative estimate of drug-likeness (QED) is 0.516. The largest absolute Gasteiger partial charge is 0.393 e. The van der Waals surface area contributed by atoms with Crippen LogP contribution < -0.4 is 4.90 Å². The summed E-state index contributed by atoms with van der Waals surface area (Å²) >= 11 is 1.15. The van der Waals surface area contributed by atoms with E-state index in [1.54, 1.807) is 6.07 Å². The number of fused-ring (bicyclic) bond motifs is 2. The van der Waals surface area contributed by atoms with E-state index in [0.717, 1.165) is 61.7 Å². The molecule has 8 heteroatoms. The van der Waals surface area contributed by atoms with Gasteiger partial charge in [-0.15, -0.1) is 11.3 Å². The van der Waals surface area contributed by atoms with E-state index >= 15 is 0 Å². The van der Waals surface area contributed by atoms with Crippen molar-refractivity contribution in [3.8, 4) is 0 Å². The number of hydrogen-bond donors (Lipinski definition) is 0. The number of likely N-dealkylation sites (tertiary alicyclic amines) is 1. The molecule has 5 rings (SSSR count). The summed E-state index contributed by atoms with van der Waals surface area (Å²) in [5, 5.41) is 0.768. The molecule has 4 nitrogen and oxygen atoms in total. The van der Waals surface area contributed by atoms with Gasteiger partial charge in [0.05, 0.1) is 11.8 Å². The highest BCUT2D eigenvalue weighted by molar-refractivity contribution is 7.18. The van der Waals surface area contributed by atoms with Crippen LogP contribution in [0.2, 0.25) is 0 Å². The van der Waals surface area contributed by atoms with Crippen LogP contribution in [0.4, 0.5) is 19.0 Å².